The number of halogens is 2. The normalized spacial score (nSPS) is 10.5. The predicted octanol–water partition coefficient (Wildman–Crippen LogP) is 3.62. The molecule has 7 heteroatoms. The standard InChI is InChI=1S/C12H11BrClN3O2/c1-2-18-7-8-6-16-12(14)17-11(8)19-10-5-9(13)3-4-15-10/h3-6H,2,7H2,1H3. The van der Waals surface area contributed by atoms with Crippen LogP contribution in [-0.4, -0.2) is 21.6 Å². The molecule has 19 heavy (non-hydrogen) atoms. The molecular formula is C12H11BrClN3O2. The van der Waals surface area contributed by atoms with E-state index in [0.29, 0.717) is 30.5 Å². The Labute approximate surface area is 124 Å². The summed E-state index contributed by atoms with van der Waals surface area (Å²) in [5, 5.41) is 0.116. The van der Waals surface area contributed by atoms with Gasteiger partial charge in [0.2, 0.25) is 17.0 Å². The van der Waals surface area contributed by atoms with Crippen molar-refractivity contribution >= 4 is 27.5 Å². The van der Waals surface area contributed by atoms with E-state index in [-0.39, 0.29) is 5.28 Å². The van der Waals surface area contributed by atoms with Crippen LogP contribution in [0.2, 0.25) is 5.28 Å². The Morgan fingerprint density at radius 3 is 2.95 bits per heavy atom. The maximum Gasteiger partial charge on any atom is 0.231 e. The van der Waals surface area contributed by atoms with Gasteiger partial charge in [-0.25, -0.2) is 9.97 Å². The van der Waals surface area contributed by atoms with E-state index in [1.807, 2.05) is 6.92 Å². The van der Waals surface area contributed by atoms with Crippen LogP contribution in [-0.2, 0) is 11.3 Å². The van der Waals surface area contributed by atoms with Crippen molar-refractivity contribution in [3.8, 4) is 11.8 Å². The van der Waals surface area contributed by atoms with Crippen LogP contribution in [0.5, 0.6) is 11.8 Å². The van der Waals surface area contributed by atoms with E-state index in [0.717, 1.165) is 4.47 Å². The van der Waals surface area contributed by atoms with E-state index < -0.39 is 0 Å². The third-order valence-corrected chi connectivity index (χ3v) is 2.83. The van der Waals surface area contributed by atoms with E-state index in [9.17, 15) is 0 Å². The highest BCUT2D eigenvalue weighted by molar-refractivity contribution is 9.10. The molecule has 0 radical (unpaired) electrons. The average Bonchev–Trinajstić information content (AvgIpc) is 2.38. The van der Waals surface area contributed by atoms with E-state index >= 15 is 0 Å². The molecule has 0 atom stereocenters. The van der Waals surface area contributed by atoms with Gasteiger partial charge >= 0.3 is 0 Å². The molecule has 0 aliphatic carbocycles. The summed E-state index contributed by atoms with van der Waals surface area (Å²) in [6.45, 7) is 2.86. The zero-order valence-corrected chi connectivity index (χ0v) is 12.5. The van der Waals surface area contributed by atoms with Crippen LogP contribution in [0, 0.1) is 0 Å². The van der Waals surface area contributed by atoms with Crippen molar-refractivity contribution in [2.45, 2.75) is 13.5 Å². The van der Waals surface area contributed by atoms with Gasteiger partial charge in [-0.2, -0.15) is 4.98 Å². The molecule has 0 saturated heterocycles. The maximum absolute atomic E-state index is 5.78. The lowest BCUT2D eigenvalue weighted by molar-refractivity contribution is 0.131. The molecule has 0 amide bonds. The highest BCUT2D eigenvalue weighted by atomic mass is 79.9. The molecule has 0 unspecified atom stereocenters. The molecule has 0 aliphatic rings. The Kier molecular flexibility index (Phi) is 5.07. The first kappa shape index (κ1) is 14.2. The topological polar surface area (TPSA) is 57.1 Å². The van der Waals surface area contributed by atoms with Crippen LogP contribution in [0.25, 0.3) is 0 Å². The van der Waals surface area contributed by atoms with Crippen LogP contribution < -0.4 is 4.74 Å². The van der Waals surface area contributed by atoms with Gasteiger partial charge in [0, 0.05) is 29.5 Å². The lowest BCUT2D eigenvalue weighted by Gasteiger charge is -2.09. The molecule has 0 saturated carbocycles. The average molecular weight is 345 g/mol. The molecule has 2 aromatic heterocycles. The second-order valence-corrected chi connectivity index (χ2v) is 4.77. The van der Waals surface area contributed by atoms with Crippen LogP contribution in [0.1, 0.15) is 12.5 Å². The molecule has 0 aromatic carbocycles. The molecule has 2 heterocycles. The number of nitrogens with zero attached hydrogens (tertiary/aromatic N) is 3. The van der Waals surface area contributed by atoms with Gasteiger partial charge in [-0.15, -0.1) is 0 Å². The monoisotopic (exact) mass is 343 g/mol. The number of ether oxygens (including phenoxy) is 2. The minimum absolute atomic E-state index is 0.116. The molecule has 5 nitrogen and oxygen atoms in total. The summed E-state index contributed by atoms with van der Waals surface area (Å²) in [6, 6.07) is 3.54. The number of pyridine rings is 1. The molecule has 2 aromatic rings. The van der Waals surface area contributed by atoms with Gasteiger partial charge in [0.1, 0.15) is 0 Å². The molecule has 0 bridgehead atoms. The minimum Gasteiger partial charge on any atom is -0.420 e. The Hall–Kier alpha value is -1.24. The van der Waals surface area contributed by atoms with E-state index in [4.69, 9.17) is 21.1 Å². The van der Waals surface area contributed by atoms with Crippen molar-refractivity contribution in [2.75, 3.05) is 6.61 Å². The van der Waals surface area contributed by atoms with Crippen molar-refractivity contribution in [3.05, 3.63) is 39.8 Å². The third kappa shape index (κ3) is 4.12. The van der Waals surface area contributed by atoms with Crippen molar-refractivity contribution < 1.29 is 9.47 Å². The van der Waals surface area contributed by atoms with Gasteiger partial charge < -0.3 is 9.47 Å². The second-order valence-electron chi connectivity index (χ2n) is 3.52. The lowest BCUT2D eigenvalue weighted by atomic mass is 10.3. The van der Waals surface area contributed by atoms with Crippen molar-refractivity contribution in [3.63, 3.8) is 0 Å². The summed E-state index contributed by atoms with van der Waals surface area (Å²) in [4.78, 5) is 12.1. The van der Waals surface area contributed by atoms with E-state index in [1.165, 1.54) is 0 Å². The van der Waals surface area contributed by atoms with Gasteiger partial charge in [-0.1, -0.05) is 15.9 Å². The Balaban J connectivity index is 2.24. The van der Waals surface area contributed by atoms with Gasteiger partial charge in [0.05, 0.1) is 12.2 Å². The highest BCUT2D eigenvalue weighted by Crippen LogP contribution is 2.24. The van der Waals surface area contributed by atoms with Gasteiger partial charge in [0.25, 0.3) is 0 Å². The fourth-order valence-electron chi connectivity index (χ4n) is 1.31. The summed E-state index contributed by atoms with van der Waals surface area (Å²) in [6.07, 6.45) is 3.21. The van der Waals surface area contributed by atoms with Crippen molar-refractivity contribution in [2.24, 2.45) is 0 Å². The van der Waals surface area contributed by atoms with Crippen LogP contribution in [0.4, 0.5) is 0 Å². The minimum atomic E-state index is 0.116. The van der Waals surface area contributed by atoms with Crippen molar-refractivity contribution in [1.29, 1.82) is 0 Å². The quantitative estimate of drug-likeness (QED) is 0.775. The molecule has 2 rings (SSSR count). The van der Waals surface area contributed by atoms with Gasteiger partial charge in [0.15, 0.2) is 0 Å². The van der Waals surface area contributed by atoms with Crippen molar-refractivity contribution in [1.82, 2.24) is 15.0 Å². The molecule has 100 valence electrons. The molecule has 0 fully saturated rings. The maximum atomic E-state index is 5.78. The zero-order valence-electron chi connectivity index (χ0n) is 10.1. The summed E-state index contributed by atoms with van der Waals surface area (Å²) >= 11 is 9.12. The zero-order chi connectivity index (χ0) is 13.7. The second kappa shape index (κ2) is 6.79. The Morgan fingerprint density at radius 2 is 2.21 bits per heavy atom. The Morgan fingerprint density at radius 1 is 1.37 bits per heavy atom. The fourth-order valence-corrected chi connectivity index (χ4v) is 1.75. The SMILES string of the molecule is CCOCc1cnc(Cl)nc1Oc1cc(Br)ccn1. The first-order valence-electron chi connectivity index (χ1n) is 5.57. The lowest BCUT2D eigenvalue weighted by Crippen LogP contribution is -2.00. The number of aromatic nitrogens is 3. The first-order valence-corrected chi connectivity index (χ1v) is 6.74. The van der Waals surface area contributed by atoms with E-state index in [2.05, 4.69) is 30.9 Å². The number of hydrogen-bond donors (Lipinski definition) is 0. The van der Waals surface area contributed by atoms with Crippen LogP contribution in [0.3, 0.4) is 0 Å². The largest absolute Gasteiger partial charge is 0.420 e. The van der Waals surface area contributed by atoms with Gasteiger partial charge in [-0.3, -0.25) is 0 Å². The van der Waals surface area contributed by atoms with Crippen LogP contribution in [0.15, 0.2) is 29.0 Å². The number of rotatable bonds is 5. The highest BCUT2D eigenvalue weighted by Gasteiger charge is 2.10. The summed E-state index contributed by atoms with van der Waals surface area (Å²) < 4.78 is 11.8. The summed E-state index contributed by atoms with van der Waals surface area (Å²) in [5.74, 6) is 0.765. The predicted molar refractivity (Wildman–Crippen MR) is 74.4 cm³/mol. The smallest absolute Gasteiger partial charge is 0.231 e. The Bertz CT molecular complexity index is 568. The summed E-state index contributed by atoms with van der Waals surface area (Å²) in [7, 11) is 0. The first-order chi connectivity index (χ1) is 9.19. The van der Waals surface area contributed by atoms with E-state index in [1.54, 1.807) is 24.5 Å². The molecular weight excluding hydrogens is 334 g/mol. The van der Waals surface area contributed by atoms with Gasteiger partial charge in [-0.05, 0) is 24.6 Å². The summed E-state index contributed by atoms with van der Waals surface area (Å²) in [5.41, 5.74) is 0.716. The fraction of sp³-hybridized carbons (Fsp3) is 0.250. The molecule has 0 aliphatic heterocycles. The van der Waals surface area contributed by atoms with Crippen LogP contribution >= 0.6 is 27.5 Å². The number of hydrogen-bond acceptors (Lipinski definition) is 5. The molecule has 0 spiro atoms. The third-order valence-electron chi connectivity index (χ3n) is 2.16. The molecule has 0 N–H and O–H groups in total.